The van der Waals surface area contributed by atoms with Crippen molar-refractivity contribution in [2.24, 2.45) is 0 Å². The van der Waals surface area contributed by atoms with Gasteiger partial charge in [0, 0.05) is 18.2 Å². The van der Waals surface area contributed by atoms with Crippen molar-refractivity contribution in [3.05, 3.63) is 95.4 Å². The Kier molecular flexibility index (Phi) is 5.61. The summed E-state index contributed by atoms with van der Waals surface area (Å²) in [5.41, 5.74) is 5.54. The first-order chi connectivity index (χ1) is 14.6. The zero-order chi connectivity index (χ0) is 20.9. The highest BCUT2D eigenvalue weighted by molar-refractivity contribution is 6.01. The molecule has 5 nitrogen and oxygen atoms in total. The van der Waals surface area contributed by atoms with E-state index >= 15 is 0 Å². The number of benzene rings is 3. The third-order valence-electron chi connectivity index (χ3n) is 4.71. The summed E-state index contributed by atoms with van der Waals surface area (Å²) in [6.45, 7) is 2.03. The lowest BCUT2D eigenvalue weighted by atomic mass is 10.1. The van der Waals surface area contributed by atoms with Gasteiger partial charge in [0.2, 0.25) is 5.91 Å². The molecule has 5 heteroatoms. The van der Waals surface area contributed by atoms with Crippen molar-refractivity contribution in [2.75, 3.05) is 12.4 Å². The Morgan fingerprint density at radius 1 is 1.07 bits per heavy atom. The average Bonchev–Trinajstić information content (AvgIpc) is 3.15. The molecule has 4 rings (SSSR count). The van der Waals surface area contributed by atoms with E-state index in [1.165, 1.54) is 6.08 Å². The molecule has 0 atom stereocenters. The minimum Gasteiger partial charge on any atom is -0.497 e. The SMILES string of the molecule is COc1ccc(/C=C/C(=O)Nc2ccc(Cc3nc4cc(C)ccc4o3)cc2)cc1. The lowest BCUT2D eigenvalue weighted by Crippen LogP contribution is -2.07. The van der Waals surface area contributed by atoms with E-state index in [0.717, 1.165) is 39.2 Å². The molecule has 3 aromatic carbocycles. The van der Waals surface area contributed by atoms with Crippen LogP contribution in [0.2, 0.25) is 0 Å². The van der Waals surface area contributed by atoms with Crippen molar-refractivity contribution in [1.82, 2.24) is 4.98 Å². The maximum Gasteiger partial charge on any atom is 0.248 e. The molecule has 1 amide bonds. The van der Waals surface area contributed by atoms with Gasteiger partial charge < -0.3 is 14.5 Å². The van der Waals surface area contributed by atoms with E-state index in [0.29, 0.717) is 12.3 Å². The van der Waals surface area contributed by atoms with Crippen LogP contribution in [0.4, 0.5) is 5.69 Å². The van der Waals surface area contributed by atoms with Gasteiger partial charge in [-0.3, -0.25) is 4.79 Å². The minimum absolute atomic E-state index is 0.187. The highest BCUT2D eigenvalue weighted by atomic mass is 16.5. The van der Waals surface area contributed by atoms with Crippen LogP contribution < -0.4 is 10.1 Å². The number of anilines is 1. The molecule has 0 saturated carbocycles. The number of rotatable bonds is 6. The van der Waals surface area contributed by atoms with Crippen LogP contribution in [-0.4, -0.2) is 18.0 Å². The molecule has 1 aromatic heterocycles. The number of methoxy groups -OCH3 is 1. The van der Waals surface area contributed by atoms with Crippen LogP contribution in [0.15, 0.2) is 77.2 Å². The van der Waals surface area contributed by atoms with Gasteiger partial charge in [-0.15, -0.1) is 0 Å². The van der Waals surface area contributed by atoms with E-state index in [9.17, 15) is 4.79 Å². The van der Waals surface area contributed by atoms with E-state index in [2.05, 4.69) is 10.3 Å². The Hall–Kier alpha value is -3.86. The molecule has 4 aromatic rings. The lowest BCUT2D eigenvalue weighted by Gasteiger charge is -2.04. The second-order valence-electron chi connectivity index (χ2n) is 7.05. The molecule has 150 valence electrons. The first-order valence-corrected chi connectivity index (χ1v) is 9.67. The quantitative estimate of drug-likeness (QED) is 0.443. The topological polar surface area (TPSA) is 64.4 Å². The van der Waals surface area contributed by atoms with Crippen LogP contribution in [0, 0.1) is 6.92 Å². The summed E-state index contributed by atoms with van der Waals surface area (Å²) < 4.78 is 10.9. The summed E-state index contributed by atoms with van der Waals surface area (Å²) in [6, 6.07) is 21.1. The van der Waals surface area contributed by atoms with Crippen molar-refractivity contribution in [2.45, 2.75) is 13.3 Å². The fourth-order valence-electron chi connectivity index (χ4n) is 3.11. The standard InChI is InChI=1S/C25H22N2O3/c1-17-3-13-23-22(15-17)27-25(30-23)16-19-4-9-20(10-5-19)26-24(28)14-8-18-6-11-21(29-2)12-7-18/h3-15H,16H2,1-2H3,(H,26,28)/b14-8+. The number of carbonyl (C=O) groups excluding carboxylic acids is 1. The molecule has 0 fully saturated rings. The molecule has 0 saturated heterocycles. The largest absolute Gasteiger partial charge is 0.497 e. The number of hydrogen-bond donors (Lipinski definition) is 1. The van der Waals surface area contributed by atoms with Crippen LogP contribution in [0.5, 0.6) is 5.75 Å². The third-order valence-corrected chi connectivity index (χ3v) is 4.71. The molecule has 1 N–H and O–H groups in total. The molecular weight excluding hydrogens is 376 g/mol. The van der Waals surface area contributed by atoms with Crippen LogP contribution >= 0.6 is 0 Å². The normalized spacial score (nSPS) is 11.1. The van der Waals surface area contributed by atoms with Gasteiger partial charge in [-0.25, -0.2) is 4.98 Å². The predicted molar refractivity (Wildman–Crippen MR) is 119 cm³/mol. The maximum absolute atomic E-state index is 12.2. The maximum atomic E-state index is 12.2. The summed E-state index contributed by atoms with van der Waals surface area (Å²) in [4.78, 5) is 16.7. The predicted octanol–water partition coefficient (Wildman–Crippen LogP) is 5.39. The van der Waals surface area contributed by atoms with Crippen LogP contribution in [0.1, 0.15) is 22.6 Å². The minimum atomic E-state index is -0.187. The molecule has 0 aliphatic heterocycles. The van der Waals surface area contributed by atoms with E-state index in [4.69, 9.17) is 9.15 Å². The highest BCUT2D eigenvalue weighted by Gasteiger charge is 2.07. The fourth-order valence-corrected chi connectivity index (χ4v) is 3.11. The molecule has 30 heavy (non-hydrogen) atoms. The summed E-state index contributed by atoms with van der Waals surface area (Å²) in [7, 11) is 1.62. The number of hydrogen-bond acceptors (Lipinski definition) is 4. The molecule has 0 bridgehead atoms. The van der Waals surface area contributed by atoms with Crippen molar-refractivity contribution >= 4 is 28.8 Å². The van der Waals surface area contributed by atoms with E-state index in [1.54, 1.807) is 13.2 Å². The van der Waals surface area contributed by atoms with Gasteiger partial charge in [0.05, 0.1) is 7.11 Å². The van der Waals surface area contributed by atoms with Gasteiger partial charge in [-0.1, -0.05) is 30.3 Å². The summed E-state index contributed by atoms with van der Waals surface area (Å²) in [6.07, 6.45) is 3.87. The molecule has 0 spiro atoms. The van der Waals surface area contributed by atoms with Crippen molar-refractivity contribution in [3.63, 3.8) is 0 Å². The summed E-state index contributed by atoms with van der Waals surface area (Å²) >= 11 is 0. The van der Waals surface area contributed by atoms with Gasteiger partial charge in [-0.2, -0.15) is 0 Å². The Bertz CT molecular complexity index is 1190. The Morgan fingerprint density at radius 2 is 1.83 bits per heavy atom. The van der Waals surface area contributed by atoms with Gasteiger partial charge in [0.25, 0.3) is 0 Å². The van der Waals surface area contributed by atoms with Crippen molar-refractivity contribution < 1.29 is 13.9 Å². The number of aromatic nitrogens is 1. The van der Waals surface area contributed by atoms with Gasteiger partial charge in [-0.05, 0) is 66.1 Å². The number of carbonyl (C=O) groups is 1. The number of nitrogens with one attached hydrogen (secondary N) is 1. The fraction of sp³-hybridized carbons (Fsp3) is 0.120. The lowest BCUT2D eigenvalue weighted by molar-refractivity contribution is -0.111. The zero-order valence-corrected chi connectivity index (χ0v) is 16.9. The average molecular weight is 398 g/mol. The third kappa shape index (κ3) is 4.75. The first-order valence-electron chi connectivity index (χ1n) is 9.67. The Balaban J connectivity index is 1.36. The summed E-state index contributed by atoms with van der Waals surface area (Å²) in [5, 5.41) is 2.86. The number of oxazole rings is 1. The van der Waals surface area contributed by atoms with Gasteiger partial charge in [0.1, 0.15) is 11.3 Å². The summed E-state index contributed by atoms with van der Waals surface area (Å²) in [5.74, 6) is 1.27. The molecule has 1 heterocycles. The van der Waals surface area contributed by atoms with E-state index < -0.39 is 0 Å². The zero-order valence-electron chi connectivity index (χ0n) is 16.9. The van der Waals surface area contributed by atoms with Crippen LogP contribution in [0.25, 0.3) is 17.2 Å². The Morgan fingerprint density at radius 3 is 2.57 bits per heavy atom. The first kappa shape index (κ1) is 19.5. The van der Waals surface area contributed by atoms with E-state index in [-0.39, 0.29) is 5.91 Å². The molecule has 0 radical (unpaired) electrons. The van der Waals surface area contributed by atoms with Gasteiger partial charge >= 0.3 is 0 Å². The molecule has 0 unspecified atom stereocenters. The highest BCUT2D eigenvalue weighted by Crippen LogP contribution is 2.20. The molecule has 0 aliphatic rings. The Labute approximate surface area is 175 Å². The van der Waals surface area contributed by atoms with Crippen molar-refractivity contribution in [1.29, 1.82) is 0 Å². The van der Waals surface area contributed by atoms with E-state index in [1.807, 2.05) is 73.7 Å². The van der Waals surface area contributed by atoms with Gasteiger partial charge in [0.15, 0.2) is 11.5 Å². The number of ether oxygens (including phenoxy) is 1. The number of nitrogens with zero attached hydrogens (tertiary/aromatic N) is 1. The smallest absolute Gasteiger partial charge is 0.248 e. The number of aryl methyl sites for hydroxylation is 1. The number of amides is 1. The second kappa shape index (κ2) is 8.66. The molecule has 0 aliphatic carbocycles. The number of fused-ring (bicyclic) bond motifs is 1. The second-order valence-corrected chi connectivity index (χ2v) is 7.05. The monoisotopic (exact) mass is 398 g/mol. The molecular formula is C25H22N2O3. The van der Waals surface area contributed by atoms with Crippen LogP contribution in [-0.2, 0) is 11.2 Å². The van der Waals surface area contributed by atoms with Crippen LogP contribution in [0.3, 0.4) is 0 Å². The van der Waals surface area contributed by atoms with Crippen molar-refractivity contribution in [3.8, 4) is 5.75 Å².